The van der Waals surface area contributed by atoms with Gasteiger partial charge in [0, 0.05) is 30.1 Å². The van der Waals surface area contributed by atoms with Gasteiger partial charge >= 0.3 is 0 Å². The predicted molar refractivity (Wildman–Crippen MR) is 106 cm³/mol. The highest BCUT2D eigenvalue weighted by Gasteiger charge is 2.13. The zero-order valence-electron chi connectivity index (χ0n) is 16.4. The van der Waals surface area contributed by atoms with Crippen molar-refractivity contribution in [1.82, 2.24) is 19.6 Å². The quantitative estimate of drug-likeness (QED) is 0.613. The summed E-state index contributed by atoms with van der Waals surface area (Å²) in [6, 6.07) is 5.15. The number of hydrogen-bond donors (Lipinski definition) is 1. The number of nitrogens with one attached hydrogen (secondary N) is 1. The molecule has 1 N–H and O–H groups in total. The van der Waals surface area contributed by atoms with Crippen molar-refractivity contribution in [3.05, 3.63) is 54.1 Å². The standard InChI is InChI=1S/C20H25N5O3/c1-4-24-12-15(10-21-24)13-25-14-17(11-22-25)23-20(26)16-7-8-18(27-5-2)19(9-16)28-6-3/h7-12,14H,4-6,13H2,1-3H3,(H,23,26). The van der Waals surface area contributed by atoms with E-state index < -0.39 is 0 Å². The summed E-state index contributed by atoms with van der Waals surface area (Å²) in [7, 11) is 0. The molecule has 1 amide bonds. The van der Waals surface area contributed by atoms with E-state index in [0.29, 0.717) is 42.5 Å². The van der Waals surface area contributed by atoms with Gasteiger partial charge in [-0.2, -0.15) is 10.2 Å². The molecular formula is C20H25N5O3. The second-order valence-electron chi connectivity index (χ2n) is 6.11. The molecule has 3 rings (SSSR count). The van der Waals surface area contributed by atoms with Gasteiger partial charge in [-0.05, 0) is 39.0 Å². The first kappa shape index (κ1) is 19.5. The summed E-state index contributed by atoms with van der Waals surface area (Å²) in [5.74, 6) is 0.948. The second-order valence-corrected chi connectivity index (χ2v) is 6.11. The number of aromatic nitrogens is 4. The topological polar surface area (TPSA) is 83.2 Å². The average Bonchev–Trinajstić information content (AvgIpc) is 3.33. The highest BCUT2D eigenvalue weighted by molar-refractivity contribution is 6.04. The Bertz CT molecular complexity index is 932. The summed E-state index contributed by atoms with van der Waals surface area (Å²) in [5.41, 5.74) is 2.17. The van der Waals surface area contributed by atoms with Crippen molar-refractivity contribution in [3.8, 4) is 11.5 Å². The van der Waals surface area contributed by atoms with Gasteiger partial charge in [0.2, 0.25) is 0 Å². The van der Waals surface area contributed by atoms with Crippen LogP contribution in [0.25, 0.3) is 0 Å². The normalized spacial score (nSPS) is 10.7. The highest BCUT2D eigenvalue weighted by Crippen LogP contribution is 2.28. The lowest BCUT2D eigenvalue weighted by Gasteiger charge is -2.12. The number of carbonyl (C=O) groups excluding carboxylic acids is 1. The van der Waals surface area contributed by atoms with Crippen LogP contribution in [-0.4, -0.2) is 38.7 Å². The molecule has 0 saturated carbocycles. The number of rotatable bonds is 9. The molecule has 1 aromatic carbocycles. The molecule has 0 saturated heterocycles. The Kier molecular flexibility index (Phi) is 6.31. The van der Waals surface area contributed by atoms with E-state index in [2.05, 4.69) is 15.5 Å². The van der Waals surface area contributed by atoms with E-state index in [4.69, 9.17) is 9.47 Å². The van der Waals surface area contributed by atoms with Gasteiger partial charge in [0.15, 0.2) is 11.5 Å². The molecule has 0 bridgehead atoms. The van der Waals surface area contributed by atoms with Crippen LogP contribution in [0.4, 0.5) is 5.69 Å². The molecule has 3 aromatic rings. The van der Waals surface area contributed by atoms with Crippen LogP contribution in [0.2, 0.25) is 0 Å². The third-order valence-corrected chi connectivity index (χ3v) is 4.05. The van der Waals surface area contributed by atoms with E-state index in [0.717, 1.165) is 12.1 Å². The number of aryl methyl sites for hydroxylation is 1. The summed E-state index contributed by atoms with van der Waals surface area (Å²) in [5, 5.41) is 11.4. The Morgan fingerprint density at radius 2 is 1.75 bits per heavy atom. The van der Waals surface area contributed by atoms with E-state index in [-0.39, 0.29) is 5.91 Å². The third kappa shape index (κ3) is 4.70. The Balaban J connectivity index is 1.67. The zero-order chi connectivity index (χ0) is 19.9. The molecule has 0 radical (unpaired) electrons. The Hall–Kier alpha value is -3.29. The number of benzene rings is 1. The summed E-state index contributed by atoms with van der Waals surface area (Å²) in [6.45, 7) is 8.27. The molecule has 0 aliphatic carbocycles. The Morgan fingerprint density at radius 3 is 2.46 bits per heavy atom. The van der Waals surface area contributed by atoms with Gasteiger partial charge in [0.05, 0.1) is 37.8 Å². The lowest BCUT2D eigenvalue weighted by atomic mass is 10.2. The molecule has 0 spiro atoms. The fourth-order valence-corrected chi connectivity index (χ4v) is 2.76. The summed E-state index contributed by atoms with van der Waals surface area (Å²) in [4.78, 5) is 12.6. The van der Waals surface area contributed by atoms with Gasteiger partial charge in [-0.15, -0.1) is 0 Å². The number of nitrogens with zero attached hydrogens (tertiary/aromatic N) is 4. The maximum Gasteiger partial charge on any atom is 0.255 e. The van der Waals surface area contributed by atoms with Gasteiger partial charge in [-0.1, -0.05) is 0 Å². The lowest BCUT2D eigenvalue weighted by molar-refractivity contribution is 0.102. The van der Waals surface area contributed by atoms with E-state index in [1.165, 1.54) is 0 Å². The number of ether oxygens (including phenoxy) is 2. The maximum atomic E-state index is 12.6. The summed E-state index contributed by atoms with van der Waals surface area (Å²) >= 11 is 0. The minimum absolute atomic E-state index is 0.234. The molecular weight excluding hydrogens is 358 g/mol. The average molecular weight is 383 g/mol. The fraction of sp³-hybridized carbons (Fsp3) is 0.350. The highest BCUT2D eigenvalue weighted by atomic mass is 16.5. The van der Waals surface area contributed by atoms with E-state index in [1.54, 1.807) is 35.3 Å². The van der Waals surface area contributed by atoms with Crippen LogP contribution in [0.1, 0.15) is 36.7 Å². The molecule has 0 aliphatic rings. The number of carbonyl (C=O) groups is 1. The zero-order valence-corrected chi connectivity index (χ0v) is 16.4. The monoisotopic (exact) mass is 383 g/mol. The predicted octanol–water partition coefficient (Wildman–Crippen LogP) is 3.20. The molecule has 2 heterocycles. The third-order valence-electron chi connectivity index (χ3n) is 4.05. The van der Waals surface area contributed by atoms with E-state index in [9.17, 15) is 4.79 Å². The van der Waals surface area contributed by atoms with Crippen LogP contribution >= 0.6 is 0 Å². The van der Waals surface area contributed by atoms with Gasteiger partial charge in [-0.3, -0.25) is 14.2 Å². The van der Waals surface area contributed by atoms with Crippen LogP contribution in [0.15, 0.2) is 43.0 Å². The SMILES string of the molecule is CCOc1ccc(C(=O)Nc2cnn(Cc3cnn(CC)c3)c2)cc1OCC. The number of hydrogen-bond acceptors (Lipinski definition) is 5. The van der Waals surface area contributed by atoms with Crippen molar-refractivity contribution in [2.45, 2.75) is 33.9 Å². The summed E-state index contributed by atoms with van der Waals surface area (Å²) in [6.07, 6.45) is 7.22. The molecule has 0 atom stereocenters. The van der Waals surface area contributed by atoms with Crippen molar-refractivity contribution in [3.63, 3.8) is 0 Å². The smallest absolute Gasteiger partial charge is 0.255 e. The van der Waals surface area contributed by atoms with Gasteiger partial charge in [0.1, 0.15) is 0 Å². The molecule has 2 aromatic heterocycles. The van der Waals surface area contributed by atoms with Gasteiger partial charge < -0.3 is 14.8 Å². The van der Waals surface area contributed by atoms with Crippen LogP contribution in [0, 0.1) is 0 Å². The van der Waals surface area contributed by atoms with Crippen molar-refractivity contribution < 1.29 is 14.3 Å². The molecule has 28 heavy (non-hydrogen) atoms. The molecule has 148 valence electrons. The fourth-order valence-electron chi connectivity index (χ4n) is 2.76. The van der Waals surface area contributed by atoms with Crippen molar-refractivity contribution in [2.24, 2.45) is 0 Å². The van der Waals surface area contributed by atoms with E-state index in [1.807, 2.05) is 37.8 Å². The maximum absolute atomic E-state index is 12.6. The first-order chi connectivity index (χ1) is 13.6. The molecule has 8 nitrogen and oxygen atoms in total. The van der Waals surface area contributed by atoms with Crippen molar-refractivity contribution in [2.75, 3.05) is 18.5 Å². The summed E-state index contributed by atoms with van der Waals surface area (Å²) < 4.78 is 14.7. The van der Waals surface area contributed by atoms with Crippen LogP contribution in [-0.2, 0) is 13.1 Å². The van der Waals surface area contributed by atoms with Crippen LogP contribution < -0.4 is 14.8 Å². The number of anilines is 1. The van der Waals surface area contributed by atoms with Gasteiger partial charge in [0.25, 0.3) is 5.91 Å². The molecule has 8 heteroatoms. The Morgan fingerprint density at radius 1 is 1.00 bits per heavy atom. The first-order valence-corrected chi connectivity index (χ1v) is 9.37. The van der Waals surface area contributed by atoms with Crippen molar-refractivity contribution in [1.29, 1.82) is 0 Å². The Labute approximate surface area is 164 Å². The second kappa shape index (κ2) is 9.07. The number of amides is 1. The molecule has 0 unspecified atom stereocenters. The minimum atomic E-state index is -0.234. The van der Waals surface area contributed by atoms with Gasteiger partial charge in [-0.25, -0.2) is 0 Å². The van der Waals surface area contributed by atoms with Crippen LogP contribution in [0.3, 0.4) is 0 Å². The van der Waals surface area contributed by atoms with Crippen molar-refractivity contribution >= 4 is 11.6 Å². The first-order valence-electron chi connectivity index (χ1n) is 9.37. The minimum Gasteiger partial charge on any atom is -0.490 e. The molecule has 0 aliphatic heterocycles. The largest absolute Gasteiger partial charge is 0.490 e. The van der Waals surface area contributed by atoms with E-state index >= 15 is 0 Å². The lowest BCUT2D eigenvalue weighted by Crippen LogP contribution is -2.12. The van der Waals surface area contributed by atoms with Crippen LogP contribution in [0.5, 0.6) is 11.5 Å². The molecule has 0 fully saturated rings.